The molecule has 0 spiro atoms. The highest BCUT2D eigenvalue weighted by atomic mass is 35.5. The Hall–Kier alpha value is -1.74. The van der Waals surface area contributed by atoms with Gasteiger partial charge in [-0.2, -0.15) is 9.97 Å². The summed E-state index contributed by atoms with van der Waals surface area (Å²) in [6.07, 6.45) is 1.76. The van der Waals surface area contributed by atoms with E-state index in [0.29, 0.717) is 11.0 Å². The highest BCUT2D eigenvalue weighted by molar-refractivity contribution is 6.34. The van der Waals surface area contributed by atoms with Crippen molar-refractivity contribution in [3.8, 4) is 0 Å². The number of anilines is 1. The number of hydrogen-bond donors (Lipinski definition) is 1. The van der Waals surface area contributed by atoms with Crippen molar-refractivity contribution in [2.24, 2.45) is 5.92 Å². The average Bonchev–Trinajstić information content (AvgIpc) is 3.25. The fourth-order valence-corrected chi connectivity index (χ4v) is 3.95. The zero-order valence-corrected chi connectivity index (χ0v) is 17.4. The van der Waals surface area contributed by atoms with Crippen LogP contribution in [0.5, 0.6) is 0 Å². The molecule has 2 aliphatic rings. The summed E-state index contributed by atoms with van der Waals surface area (Å²) >= 11 is 6.35. The van der Waals surface area contributed by atoms with Crippen LogP contribution in [-0.2, 0) is 19.0 Å². The van der Waals surface area contributed by atoms with Gasteiger partial charge in [0, 0.05) is 12.1 Å². The van der Waals surface area contributed by atoms with E-state index in [9.17, 15) is 4.79 Å². The van der Waals surface area contributed by atoms with Crippen LogP contribution in [0.3, 0.4) is 0 Å². The number of amides is 1. The van der Waals surface area contributed by atoms with E-state index < -0.39 is 12.0 Å². The first-order valence-electron chi connectivity index (χ1n) is 9.56. The predicted octanol–water partition coefficient (Wildman–Crippen LogP) is 3.51. The Bertz CT molecular complexity index is 913. The topological polar surface area (TPSA) is 87.5 Å². The zero-order valence-electron chi connectivity index (χ0n) is 16.6. The van der Waals surface area contributed by atoms with Crippen molar-refractivity contribution in [2.75, 3.05) is 5.32 Å². The van der Waals surface area contributed by atoms with Crippen LogP contribution in [-0.4, -0.2) is 44.5 Å². The fraction of sp³-hybridized carbons (Fsp3) is 0.632. The number of rotatable bonds is 4. The SMILES string of the molecule is CC[C@H]1O[C@@H](n2ccc3c(Cl)nc(NC(=O)C(C)C)nc32)[C@@H]2OC(C)(C)O[C@@H]21. The number of fused-ring (bicyclic) bond motifs is 2. The molecule has 2 aromatic heterocycles. The molecular formula is C19H25ClN4O4. The summed E-state index contributed by atoms with van der Waals surface area (Å²) in [5.41, 5.74) is 0.577. The van der Waals surface area contributed by atoms with Crippen LogP contribution in [0.25, 0.3) is 11.0 Å². The number of ether oxygens (including phenoxy) is 3. The number of aromatic nitrogens is 3. The largest absolute Gasteiger partial charge is 0.349 e. The minimum Gasteiger partial charge on any atom is -0.349 e. The van der Waals surface area contributed by atoms with E-state index in [1.807, 2.05) is 30.7 Å². The van der Waals surface area contributed by atoms with Crippen LogP contribution < -0.4 is 5.32 Å². The third-order valence-corrected chi connectivity index (χ3v) is 5.37. The molecule has 1 N–H and O–H groups in total. The van der Waals surface area contributed by atoms with Gasteiger partial charge in [-0.25, -0.2) is 0 Å². The Balaban J connectivity index is 1.72. The molecule has 0 saturated carbocycles. The van der Waals surface area contributed by atoms with Crippen LogP contribution in [0.4, 0.5) is 5.95 Å². The maximum Gasteiger partial charge on any atom is 0.232 e. The van der Waals surface area contributed by atoms with Gasteiger partial charge < -0.3 is 18.8 Å². The maximum absolute atomic E-state index is 12.0. The molecule has 0 aliphatic carbocycles. The Morgan fingerprint density at radius 3 is 2.71 bits per heavy atom. The molecule has 2 fully saturated rings. The van der Waals surface area contributed by atoms with E-state index in [4.69, 9.17) is 25.8 Å². The number of carbonyl (C=O) groups excluding carboxylic acids is 1. The van der Waals surface area contributed by atoms with Gasteiger partial charge in [-0.3, -0.25) is 10.1 Å². The molecule has 0 bridgehead atoms. The molecule has 28 heavy (non-hydrogen) atoms. The van der Waals surface area contributed by atoms with E-state index in [2.05, 4.69) is 22.2 Å². The van der Waals surface area contributed by atoms with E-state index >= 15 is 0 Å². The third kappa shape index (κ3) is 3.28. The number of halogens is 1. The summed E-state index contributed by atoms with van der Waals surface area (Å²) in [5, 5.41) is 3.66. The molecule has 0 aromatic carbocycles. The lowest BCUT2D eigenvalue weighted by atomic mass is 10.1. The summed E-state index contributed by atoms with van der Waals surface area (Å²) in [4.78, 5) is 20.8. The molecule has 0 unspecified atom stereocenters. The predicted molar refractivity (Wildman–Crippen MR) is 104 cm³/mol. The Labute approximate surface area is 168 Å². The number of nitrogens with zero attached hydrogens (tertiary/aromatic N) is 3. The van der Waals surface area contributed by atoms with Gasteiger partial charge >= 0.3 is 0 Å². The fourth-order valence-electron chi connectivity index (χ4n) is 3.72. The van der Waals surface area contributed by atoms with Crippen molar-refractivity contribution in [1.29, 1.82) is 0 Å². The van der Waals surface area contributed by atoms with E-state index in [1.54, 1.807) is 13.8 Å². The normalized spacial score (nSPS) is 28.8. The first-order chi connectivity index (χ1) is 13.2. The third-order valence-electron chi connectivity index (χ3n) is 5.09. The van der Waals surface area contributed by atoms with Gasteiger partial charge in [0.05, 0.1) is 11.5 Å². The van der Waals surface area contributed by atoms with E-state index in [-0.39, 0.29) is 41.2 Å². The van der Waals surface area contributed by atoms with Gasteiger partial charge in [-0.15, -0.1) is 0 Å². The van der Waals surface area contributed by atoms with Crippen LogP contribution >= 0.6 is 11.6 Å². The van der Waals surface area contributed by atoms with Gasteiger partial charge in [0.25, 0.3) is 0 Å². The Morgan fingerprint density at radius 1 is 1.32 bits per heavy atom. The summed E-state index contributed by atoms with van der Waals surface area (Å²) in [6.45, 7) is 9.47. The lowest BCUT2D eigenvalue weighted by Gasteiger charge is -2.24. The van der Waals surface area contributed by atoms with Crippen molar-refractivity contribution in [3.63, 3.8) is 0 Å². The van der Waals surface area contributed by atoms with Gasteiger partial charge in [0.1, 0.15) is 23.0 Å². The molecule has 2 aromatic rings. The molecule has 2 saturated heterocycles. The molecule has 0 radical (unpaired) electrons. The van der Waals surface area contributed by atoms with Crippen LogP contribution in [0.2, 0.25) is 5.15 Å². The second-order valence-corrected chi connectivity index (χ2v) is 8.34. The molecule has 4 heterocycles. The first-order valence-corrected chi connectivity index (χ1v) is 9.94. The smallest absolute Gasteiger partial charge is 0.232 e. The molecule has 152 valence electrons. The summed E-state index contributed by atoms with van der Waals surface area (Å²) in [7, 11) is 0. The average molecular weight is 409 g/mol. The molecule has 1 amide bonds. The minimum absolute atomic E-state index is 0.0772. The number of nitrogens with one attached hydrogen (secondary N) is 1. The second-order valence-electron chi connectivity index (χ2n) is 7.98. The van der Waals surface area contributed by atoms with Gasteiger partial charge in [0.15, 0.2) is 12.0 Å². The van der Waals surface area contributed by atoms with Gasteiger partial charge in [-0.1, -0.05) is 32.4 Å². The summed E-state index contributed by atoms with van der Waals surface area (Å²) in [6, 6.07) is 1.84. The lowest BCUT2D eigenvalue weighted by Crippen LogP contribution is -2.28. The van der Waals surface area contributed by atoms with Crippen LogP contribution in [0, 0.1) is 5.92 Å². The Morgan fingerprint density at radius 2 is 2.04 bits per heavy atom. The number of carbonyl (C=O) groups is 1. The molecule has 8 nitrogen and oxygen atoms in total. The molecule has 4 atom stereocenters. The van der Waals surface area contributed by atoms with Gasteiger partial charge in [0.2, 0.25) is 11.9 Å². The highest BCUT2D eigenvalue weighted by Gasteiger charge is 2.55. The highest BCUT2D eigenvalue weighted by Crippen LogP contribution is 2.44. The molecular weight excluding hydrogens is 384 g/mol. The molecule has 9 heteroatoms. The van der Waals surface area contributed by atoms with Crippen LogP contribution in [0.15, 0.2) is 12.3 Å². The van der Waals surface area contributed by atoms with E-state index in [1.165, 1.54) is 0 Å². The Kier molecular flexibility index (Phi) is 4.86. The first kappa shape index (κ1) is 19.6. The van der Waals surface area contributed by atoms with Crippen molar-refractivity contribution < 1.29 is 19.0 Å². The van der Waals surface area contributed by atoms with Crippen molar-refractivity contribution >= 4 is 34.5 Å². The van der Waals surface area contributed by atoms with Crippen LogP contribution in [0.1, 0.15) is 47.3 Å². The summed E-state index contributed by atoms with van der Waals surface area (Å²) in [5.74, 6) is -0.871. The maximum atomic E-state index is 12.0. The summed E-state index contributed by atoms with van der Waals surface area (Å²) < 4.78 is 20.3. The van der Waals surface area contributed by atoms with E-state index in [0.717, 1.165) is 6.42 Å². The van der Waals surface area contributed by atoms with Crippen molar-refractivity contribution in [2.45, 2.75) is 71.4 Å². The van der Waals surface area contributed by atoms with Crippen molar-refractivity contribution in [3.05, 3.63) is 17.4 Å². The molecule has 2 aliphatic heterocycles. The number of hydrogen-bond acceptors (Lipinski definition) is 6. The van der Waals surface area contributed by atoms with Crippen molar-refractivity contribution in [1.82, 2.24) is 14.5 Å². The lowest BCUT2D eigenvalue weighted by molar-refractivity contribution is -0.196. The van der Waals surface area contributed by atoms with Gasteiger partial charge in [-0.05, 0) is 26.3 Å². The second kappa shape index (κ2) is 6.95. The monoisotopic (exact) mass is 408 g/mol. The zero-order chi connectivity index (χ0) is 20.2. The standard InChI is InChI=1S/C19H25ClN4O4/c1-6-11-12-13(28-19(4,5)27-12)17(26-11)24-8-7-10-14(20)21-18(22-15(10)24)23-16(25)9(2)3/h7-9,11-13,17H,6H2,1-5H3,(H,21,22,23,25)/t11-,12-,13-,17-/m1/s1. The minimum atomic E-state index is -0.670. The quantitative estimate of drug-likeness (QED) is 0.779. The molecule has 4 rings (SSSR count).